The van der Waals surface area contributed by atoms with Gasteiger partial charge in [-0.3, -0.25) is 0 Å². The molecule has 0 aliphatic heterocycles. The summed E-state index contributed by atoms with van der Waals surface area (Å²) in [5, 5.41) is 4.98. The molecule has 0 spiro atoms. The van der Waals surface area contributed by atoms with Crippen molar-refractivity contribution < 1.29 is 0 Å². The van der Waals surface area contributed by atoms with Crippen molar-refractivity contribution in [1.82, 2.24) is 10.3 Å². The second-order valence-corrected chi connectivity index (χ2v) is 6.12. The maximum Gasteiger partial charge on any atom is 0.0940 e. The van der Waals surface area contributed by atoms with Gasteiger partial charge in [0.15, 0.2) is 0 Å². The lowest BCUT2D eigenvalue weighted by molar-refractivity contribution is 0.434. The Morgan fingerprint density at radius 2 is 2.38 bits per heavy atom. The maximum atomic E-state index is 4.40. The van der Waals surface area contributed by atoms with Gasteiger partial charge in [0.25, 0.3) is 0 Å². The molecule has 2 rings (SSSR count). The fraction of sp³-hybridized carbons (Fsp3) is 0.769. The van der Waals surface area contributed by atoms with Crippen molar-refractivity contribution in [3.8, 4) is 0 Å². The van der Waals surface area contributed by atoms with E-state index in [0.717, 1.165) is 24.9 Å². The molecule has 1 heterocycles. The van der Waals surface area contributed by atoms with Gasteiger partial charge in [-0.25, -0.2) is 4.98 Å². The molecule has 0 bridgehead atoms. The van der Waals surface area contributed by atoms with Crippen molar-refractivity contribution in [3.63, 3.8) is 0 Å². The number of nitrogens with zero attached hydrogens (tertiary/aromatic N) is 1. The van der Waals surface area contributed by atoms with E-state index in [1.807, 2.05) is 17.5 Å². The summed E-state index contributed by atoms with van der Waals surface area (Å²) in [5.41, 5.74) is 0. The number of rotatable bonds is 7. The van der Waals surface area contributed by atoms with Crippen LogP contribution in [0.4, 0.5) is 0 Å². The lowest BCUT2D eigenvalue weighted by Gasteiger charge is -2.16. The molecule has 0 aromatic carbocycles. The van der Waals surface area contributed by atoms with Gasteiger partial charge in [0.05, 0.1) is 5.01 Å². The molecule has 0 amide bonds. The van der Waals surface area contributed by atoms with Gasteiger partial charge in [0.1, 0.15) is 0 Å². The van der Waals surface area contributed by atoms with Gasteiger partial charge in [0.2, 0.25) is 0 Å². The number of aromatic nitrogens is 1. The highest BCUT2D eigenvalue weighted by atomic mass is 32.1. The van der Waals surface area contributed by atoms with E-state index < -0.39 is 0 Å². The van der Waals surface area contributed by atoms with Crippen LogP contribution < -0.4 is 5.32 Å². The molecule has 1 atom stereocenters. The summed E-state index contributed by atoms with van der Waals surface area (Å²) < 4.78 is 0. The third-order valence-corrected chi connectivity index (χ3v) is 4.18. The zero-order chi connectivity index (χ0) is 11.4. The van der Waals surface area contributed by atoms with Crippen molar-refractivity contribution >= 4 is 11.3 Å². The summed E-state index contributed by atoms with van der Waals surface area (Å²) in [6.45, 7) is 5.49. The Labute approximate surface area is 102 Å². The molecular formula is C13H22N2S. The topological polar surface area (TPSA) is 24.9 Å². The second kappa shape index (κ2) is 5.78. The highest BCUT2D eigenvalue weighted by Crippen LogP contribution is 2.34. The van der Waals surface area contributed by atoms with Crippen LogP contribution in [0.1, 0.15) is 42.5 Å². The first-order valence-electron chi connectivity index (χ1n) is 6.44. The highest BCUT2D eigenvalue weighted by Gasteiger charge is 2.29. The molecule has 90 valence electrons. The number of hydrogen-bond acceptors (Lipinski definition) is 3. The van der Waals surface area contributed by atoms with Gasteiger partial charge in [-0.1, -0.05) is 13.3 Å². The molecule has 1 aliphatic carbocycles. The third-order valence-electron chi connectivity index (χ3n) is 3.21. The minimum absolute atomic E-state index is 0.769. The predicted octanol–water partition coefficient (Wildman–Crippen LogP) is 3.16. The maximum absolute atomic E-state index is 4.40. The summed E-state index contributed by atoms with van der Waals surface area (Å²) in [7, 11) is 0. The molecule has 1 aliphatic rings. The fourth-order valence-electron chi connectivity index (χ4n) is 2.20. The summed E-state index contributed by atoms with van der Waals surface area (Å²) in [6.07, 6.45) is 8.57. The van der Waals surface area contributed by atoms with Gasteiger partial charge in [-0.2, -0.15) is 0 Å². The normalized spacial score (nSPS) is 17.6. The van der Waals surface area contributed by atoms with Gasteiger partial charge in [0, 0.05) is 30.1 Å². The van der Waals surface area contributed by atoms with Crippen molar-refractivity contribution in [2.45, 2.75) is 52.0 Å². The van der Waals surface area contributed by atoms with Crippen molar-refractivity contribution in [2.24, 2.45) is 5.92 Å². The van der Waals surface area contributed by atoms with Gasteiger partial charge in [-0.05, 0) is 32.1 Å². The largest absolute Gasteiger partial charge is 0.313 e. The van der Waals surface area contributed by atoms with E-state index in [1.165, 1.54) is 35.6 Å². The monoisotopic (exact) mass is 238 g/mol. The Morgan fingerprint density at radius 1 is 1.56 bits per heavy atom. The first-order chi connectivity index (χ1) is 7.79. The molecule has 16 heavy (non-hydrogen) atoms. The first kappa shape index (κ1) is 12.1. The van der Waals surface area contributed by atoms with Crippen molar-refractivity contribution in [2.75, 3.05) is 6.54 Å². The van der Waals surface area contributed by atoms with Crippen LogP contribution in [0.15, 0.2) is 6.20 Å². The van der Waals surface area contributed by atoms with E-state index in [-0.39, 0.29) is 0 Å². The van der Waals surface area contributed by atoms with E-state index >= 15 is 0 Å². The van der Waals surface area contributed by atoms with E-state index in [1.54, 1.807) is 0 Å². The van der Waals surface area contributed by atoms with Gasteiger partial charge < -0.3 is 5.32 Å². The van der Waals surface area contributed by atoms with Crippen LogP contribution in [0.5, 0.6) is 0 Å². The van der Waals surface area contributed by atoms with Crippen LogP contribution in [0.3, 0.4) is 0 Å². The van der Waals surface area contributed by atoms with Crippen LogP contribution in [0, 0.1) is 12.8 Å². The Balaban J connectivity index is 1.69. The van der Waals surface area contributed by atoms with Crippen molar-refractivity contribution in [1.29, 1.82) is 0 Å². The summed E-state index contributed by atoms with van der Waals surface area (Å²) in [6, 6.07) is 0.769. The Morgan fingerprint density at radius 3 is 2.94 bits per heavy atom. The first-order valence-corrected chi connectivity index (χ1v) is 7.26. The van der Waals surface area contributed by atoms with E-state index in [9.17, 15) is 0 Å². The van der Waals surface area contributed by atoms with Gasteiger partial charge >= 0.3 is 0 Å². The standard InChI is InChI=1S/C13H22N2S/c1-3-4-12(11-5-6-11)14-8-7-13-15-9-10(2)16-13/h9,11-12,14H,3-8H2,1-2H3. The Kier molecular flexibility index (Phi) is 4.36. The molecule has 1 N–H and O–H groups in total. The summed E-state index contributed by atoms with van der Waals surface area (Å²) in [5.74, 6) is 0.970. The lowest BCUT2D eigenvalue weighted by atomic mass is 10.1. The molecule has 3 heteroatoms. The lowest BCUT2D eigenvalue weighted by Crippen LogP contribution is -2.32. The summed E-state index contributed by atoms with van der Waals surface area (Å²) >= 11 is 1.83. The third kappa shape index (κ3) is 3.56. The molecule has 1 unspecified atom stereocenters. The highest BCUT2D eigenvalue weighted by molar-refractivity contribution is 7.11. The van der Waals surface area contributed by atoms with E-state index in [4.69, 9.17) is 0 Å². The predicted molar refractivity (Wildman–Crippen MR) is 70.0 cm³/mol. The zero-order valence-electron chi connectivity index (χ0n) is 10.3. The quantitative estimate of drug-likeness (QED) is 0.789. The van der Waals surface area contributed by atoms with Crippen LogP contribution in [-0.4, -0.2) is 17.6 Å². The fourth-order valence-corrected chi connectivity index (χ4v) is 2.98. The van der Waals surface area contributed by atoms with E-state index in [2.05, 4.69) is 24.1 Å². The van der Waals surface area contributed by atoms with Crippen LogP contribution >= 0.6 is 11.3 Å². The molecule has 1 saturated carbocycles. The molecule has 1 aromatic heterocycles. The number of nitrogens with one attached hydrogen (secondary N) is 1. The minimum Gasteiger partial charge on any atom is -0.313 e. The second-order valence-electron chi connectivity index (χ2n) is 4.80. The average molecular weight is 238 g/mol. The number of hydrogen-bond donors (Lipinski definition) is 1. The Hall–Kier alpha value is -0.410. The summed E-state index contributed by atoms with van der Waals surface area (Å²) in [4.78, 5) is 5.72. The molecule has 2 nitrogen and oxygen atoms in total. The minimum atomic E-state index is 0.769. The van der Waals surface area contributed by atoms with Crippen molar-refractivity contribution in [3.05, 3.63) is 16.1 Å². The molecule has 0 radical (unpaired) electrons. The number of aryl methyl sites for hydroxylation is 1. The molecule has 1 aromatic rings. The van der Waals surface area contributed by atoms with Crippen LogP contribution in [0.2, 0.25) is 0 Å². The molecule has 1 fully saturated rings. The Bertz CT molecular complexity index is 317. The molecular weight excluding hydrogens is 216 g/mol. The van der Waals surface area contributed by atoms with Gasteiger partial charge in [-0.15, -0.1) is 11.3 Å². The van der Waals surface area contributed by atoms with Crippen LogP contribution in [0.25, 0.3) is 0 Å². The van der Waals surface area contributed by atoms with E-state index in [0.29, 0.717) is 0 Å². The smallest absolute Gasteiger partial charge is 0.0940 e. The number of thiazole rings is 1. The zero-order valence-corrected chi connectivity index (χ0v) is 11.1. The average Bonchev–Trinajstić information content (AvgIpc) is 3.02. The SMILES string of the molecule is CCCC(NCCc1ncc(C)s1)C1CC1. The van der Waals surface area contributed by atoms with Crippen LogP contribution in [-0.2, 0) is 6.42 Å². The molecule has 0 saturated heterocycles.